The predicted octanol–water partition coefficient (Wildman–Crippen LogP) is 1.69. The van der Waals surface area contributed by atoms with Crippen LogP contribution >= 0.6 is 11.8 Å². The minimum Gasteiger partial charge on any atom is -0.381 e. The molecule has 2 fully saturated rings. The quantitative estimate of drug-likeness (QED) is 0.785. The Labute approximate surface area is 158 Å². The third kappa shape index (κ3) is 4.45. The molecule has 0 aromatic carbocycles. The van der Waals surface area contributed by atoms with Gasteiger partial charge in [-0.2, -0.15) is 11.8 Å². The van der Waals surface area contributed by atoms with Crippen LogP contribution in [-0.2, 0) is 9.53 Å². The molecule has 0 bridgehead atoms. The molecule has 1 aliphatic carbocycles. The monoisotopic (exact) mass is 374 g/mol. The number of amidine groups is 1. The summed E-state index contributed by atoms with van der Waals surface area (Å²) in [6, 6.07) is 0.370. The number of nitrogens with one attached hydrogen (secondary N) is 2. The minimum atomic E-state index is -0.279. The van der Waals surface area contributed by atoms with Crippen molar-refractivity contribution in [3.05, 3.63) is 23.9 Å². The number of nitrogens with zero attached hydrogens (tertiary/aromatic N) is 2. The molecule has 140 valence electrons. The highest BCUT2D eigenvalue weighted by molar-refractivity contribution is 8.00. The summed E-state index contributed by atoms with van der Waals surface area (Å²) in [6.45, 7) is 3.73. The van der Waals surface area contributed by atoms with E-state index in [1.165, 1.54) is 0 Å². The lowest BCUT2D eigenvalue weighted by atomic mass is 9.95. The number of carbonyl (C=O) groups is 1. The summed E-state index contributed by atoms with van der Waals surface area (Å²) >= 11 is 1.87. The maximum Gasteiger partial charge on any atom is 0.238 e. The zero-order chi connectivity index (χ0) is 17.8. The van der Waals surface area contributed by atoms with E-state index in [1.807, 2.05) is 30.0 Å². The number of allylic oxidation sites excluding steroid dienone is 2. The number of piperidine rings is 1. The number of thioether (sulfide) groups is 1. The van der Waals surface area contributed by atoms with Crippen LogP contribution in [-0.4, -0.2) is 60.8 Å². The smallest absolute Gasteiger partial charge is 0.238 e. The summed E-state index contributed by atoms with van der Waals surface area (Å²) in [5, 5.41) is 6.93. The molecule has 0 spiro atoms. The maximum atomic E-state index is 12.4. The number of carbonyl (C=O) groups excluding carboxylic acids is 1. The van der Waals surface area contributed by atoms with E-state index in [0.29, 0.717) is 11.3 Å². The summed E-state index contributed by atoms with van der Waals surface area (Å²) in [4.78, 5) is 22.0. The summed E-state index contributed by atoms with van der Waals surface area (Å²) in [5.41, 5.74) is 1.77. The fourth-order valence-electron chi connectivity index (χ4n) is 3.64. The molecule has 4 aliphatic rings. The molecule has 0 aromatic rings. The van der Waals surface area contributed by atoms with Crippen LogP contribution < -0.4 is 10.6 Å². The molecule has 4 rings (SSSR count). The van der Waals surface area contributed by atoms with Crippen molar-refractivity contribution in [1.29, 1.82) is 0 Å². The van der Waals surface area contributed by atoms with Crippen molar-refractivity contribution in [1.82, 2.24) is 10.6 Å². The molecule has 6 nitrogen and oxygen atoms in total. The molecule has 1 unspecified atom stereocenters. The molecule has 0 saturated carbocycles. The lowest BCUT2D eigenvalue weighted by Gasteiger charge is -2.26. The molecule has 7 heteroatoms. The third-order valence-corrected chi connectivity index (χ3v) is 6.54. The number of amides is 1. The lowest BCUT2D eigenvalue weighted by molar-refractivity contribution is -0.121. The van der Waals surface area contributed by atoms with E-state index in [4.69, 9.17) is 14.7 Å². The van der Waals surface area contributed by atoms with Gasteiger partial charge in [-0.3, -0.25) is 9.79 Å². The van der Waals surface area contributed by atoms with Crippen LogP contribution in [0.1, 0.15) is 25.7 Å². The Morgan fingerprint density at radius 3 is 2.85 bits per heavy atom. The Kier molecular flexibility index (Phi) is 5.87. The van der Waals surface area contributed by atoms with E-state index in [0.717, 1.165) is 75.0 Å². The first kappa shape index (κ1) is 17.9. The molecule has 0 radical (unpaired) electrons. The van der Waals surface area contributed by atoms with Gasteiger partial charge in [-0.05, 0) is 50.9 Å². The van der Waals surface area contributed by atoms with Crippen LogP contribution in [0.4, 0.5) is 0 Å². The van der Waals surface area contributed by atoms with Gasteiger partial charge in [-0.15, -0.1) is 0 Å². The summed E-state index contributed by atoms with van der Waals surface area (Å²) < 4.78 is 5.41. The van der Waals surface area contributed by atoms with E-state index in [-0.39, 0.29) is 11.8 Å². The van der Waals surface area contributed by atoms with Crippen LogP contribution in [0.5, 0.6) is 0 Å². The van der Waals surface area contributed by atoms with Crippen LogP contribution in [0.2, 0.25) is 0 Å². The van der Waals surface area contributed by atoms with Crippen LogP contribution in [0.3, 0.4) is 0 Å². The van der Waals surface area contributed by atoms with Crippen molar-refractivity contribution in [3.63, 3.8) is 0 Å². The van der Waals surface area contributed by atoms with Gasteiger partial charge in [0.15, 0.2) is 0 Å². The van der Waals surface area contributed by atoms with Gasteiger partial charge in [0.2, 0.25) is 5.91 Å². The predicted molar refractivity (Wildman–Crippen MR) is 106 cm³/mol. The highest BCUT2D eigenvalue weighted by atomic mass is 32.2. The molecule has 3 heterocycles. The zero-order valence-electron chi connectivity index (χ0n) is 14.9. The normalized spacial score (nSPS) is 29.2. The van der Waals surface area contributed by atoms with E-state index in [9.17, 15) is 4.79 Å². The minimum absolute atomic E-state index is 0.0194. The van der Waals surface area contributed by atoms with Crippen molar-refractivity contribution in [2.24, 2.45) is 15.9 Å². The average molecular weight is 375 g/mol. The first-order valence-corrected chi connectivity index (χ1v) is 10.6. The SMILES string of the molecule is O=C1NC(CSC2CCOCC2)=NC2=CC(=NC3CCNCC3)C=CC12. The molecule has 3 aliphatic heterocycles. The van der Waals surface area contributed by atoms with Gasteiger partial charge in [0, 0.05) is 18.5 Å². The van der Waals surface area contributed by atoms with Gasteiger partial charge in [-0.25, -0.2) is 4.99 Å². The summed E-state index contributed by atoms with van der Waals surface area (Å²) in [5.74, 6) is 1.25. The maximum absolute atomic E-state index is 12.4. The second-order valence-corrected chi connectivity index (χ2v) is 8.40. The average Bonchev–Trinajstić information content (AvgIpc) is 2.68. The van der Waals surface area contributed by atoms with Gasteiger partial charge in [0.05, 0.1) is 29.1 Å². The second kappa shape index (κ2) is 8.50. The number of ether oxygens (including phenoxy) is 1. The molecule has 2 saturated heterocycles. The topological polar surface area (TPSA) is 75.1 Å². The van der Waals surface area contributed by atoms with Crippen LogP contribution in [0.15, 0.2) is 33.9 Å². The number of aliphatic imine (C=N–C) groups is 2. The van der Waals surface area contributed by atoms with Gasteiger partial charge in [0.1, 0.15) is 5.84 Å². The van der Waals surface area contributed by atoms with Gasteiger partial charge in [0.25, 0.3) is 0 Å². The second-order valence-electron chi connectivity index (χ2n) is 7.11. The number of fused-ring (bicyclic) bond motifs is 1. The van der Waals surface area contributed by atoms with Crippen molar-refractivity contribution in [2.75, 3.05) is 32.1 Å². The fraction of sp³-hybridized carbons (Fsp3) is 0.632. The van der Waals surface area contributed by atoms with Crippen LogP contribution in [0, 0.1) is 5.92 Å². The van der Waals surface area contributed by atoms with Gasteiger partial charge < -0.3 is 15.4 Å². The van der Waals surface area contributed by atoms with Crippen molar-refractivity contribution >= 4 is 29.2 Å². The molecule has 2 N–H and O–H groups in total. The third-order valence-electron chi connectivity index (χ3n) is 5.15. The molecular weight excluding hydrogens is 348 g/mol. The van der Waals surface area contributed by atoms with Crippen molar-refractivity contribution in [2.45, 2.75) is 37.0 Å². The van der Waals surface area contributed by atoms with Gasteiger partial charge in [-0.1, -0.05) is 6.08 Å². The standard InChI is InChI=1S/C19H26N4O2S/c24-19-16-2-1-14(21-13-3-7-20-8-4-13)11-17(16)22-18(23-19)12-26-15-5-9-25-10-6-15/h1-2,11,13,15-16,20H,3-10,12H2,(H,22,23,24). The Hall–Kier alpha value is -1.44. The summed E-state index contributed by atoms with van der Waals surface area (Å²) in [7, 11) is 0. The first-order valence-electron chi connectivity index (χ1n) is 9.54. The Morgan fingerprint density at radius 2 is 2.04 bits per heavy atom. The van der Waals surface area contributed by atoms with Crippen LogP contribution in [0.25, 0.3) is 0 Å². The molecule has 0 aromatic heterocycles. The number of rotatable bonds is 4. The number of hydrogen-bond acceptors (Lipinski definition) is 6. The summed E-state index contributed by atoms with van der Waals surface area (Å²) in [6.07, 6.45) is 10.2. The molecule has 1 atom stereocenters. The van der Waals surface area contributed by atoms with Crippen molar-refractivity contribution in [3.8, 4) is 0 Å². The first-order chi connectivity index (χ1) is 12.8. The van der Waals surface area contributed by atoms with E-state index in [2.05, 4.69) is 10.6 Å². The Morgan fingerprint density at radius 1 is 1.23 bits per heavy atom. The number of hydrogen-bond donors (Lipinski definition) is 2. The highest BCUT2D eigenvalue weighted by Gasteiger charge is 2.29. The Bertz CT molecular complexity index is 658. The zero-order valence-corrected chi connectivity index (χ0v) is 15.8. The van der Waals surface area contributed by atoms with Gasteiger partial charge >= 0.3 is 0 Å². The van der Waals surface area contributed by atoms with Crippen molar-refractivity contribution < 1.29 is 9.53 Å². The van der Waals surface area contributed by atoms with E-state index < -0.39 is 0 Å². The molecular formula is C19H26N4O2S. The molecule has 1 amide bonds. The fourth-order valence-corrected chi connectivity index (χ4v) is 4.70. The van der Waals surface area contributed by atoms with E-state index in [1.54, 1.807) is 0 Å². The molecule has 26 heavy (non-hydrogen) atoms. The lowest BCUT2D eigenvalue weighted by Crippen LogP contribution is -2.42. The Balaban J connectivity index is 1.43. The van der Waals surface area contributed by atoms with E-state index >= 15 is 0 Å². The highest BCUT2D eigenvalue weighted by Crippen LogP contribution is 2.26. The largest absolute Gasteiger partial charge is 0.381 e.